The molecule has 28 heavy (non-hydrogen) atoms. The summed E-state index contributed by atoms with van der Waals surface area (Å²) in [7, 11) is 1.40. The topological polar surface area (TPSA) is 103 Å². The summed E-state index contributed by atoms with van der Waals surface area (Å²) in [5.41, 5.74) is -3.71. The Hall–Kier alpha value is -3.24. The van der Waals surface area contributed by atoms with Crippen LogP contribution in [0.3, 0.4) is 0 Å². The number of aryl methyl sites for hydroxylation is 1. The van der Waals surface area contributed by atoms with Gasteiger partial charge in [0.25, 0.3) is 5.91 Å². The van der Waals surface area contributed by atoms with Gasteiger partial charge in [-0.3, -0.25) is 4.79 Å². The quantitative estimate of drug-likeness (QED) is 0.543. The summed E-state index contributed by atoms with van der Waals surface area (Å²) >= 11 is 0. The monoisotopic (exact) mass is 401 g/mol. The van der Waals surface area contributed by atoms with Crippen LogP contribution in [0.5, 0.6) is 5.75 Å². The molecule has 11 heteroatoms. The minimum atomic E-state index is -5.27. The van der Waals surface area contributed by atoms with Crippen molar-refractivity contribution in [1.82, 2.24) is 10.5 Å². The number of anilines is 1. The smallest absolute Gasteiger partial charge is 0.441 e. The van der Waals surface area contributed by atoms with E-state index in [2.05, 4.69) is 9.89 Å². The van der Waals surface area contributed by atoms with Gasteiger partial charge in [-0.15, -0.1) is 0 Å². The highest BCUT2D eigenvalue weighted by Crippen LogP contribution is 2.33. The van der Waals surface area contributed by atoms with Crippen LogP contribution in [0.2, 0.25) is 0 Å². The number of ether oxygens (including phenoxy) is 2. The second-order valence-corrected chi connectivity index (χ2v) is 5.60. The molecule has 0 bridgehead atoms. The number of methoxy groups -OCH3 is 1. The number of benzene rings is 1. The lowest BCUT2D eigenvalue weighted by atomic mass is 10.1. The first kappa shape index (κ1) is 21.1. The highest BCUT2D eigenvalue weighted by Gasteiger charge is 2.64. The molecule has 0 aliphatic rings. The van der Waals surface area contributed by atoms with Crippen LogP contribution in [-0.2, 0) is 9.53 Å². The maximum atomic E-state index is 14.0. The summed E-state index contributed by atoms with van der Waals surface area (Å²) in [5.74, 6) is -2.71. The number of nitrogens with zero attached hydrogens (tertiary/aromatic N) is 1. The van der Waals surface area contributed by atoms with Gasteiger partial charge in [0.1, 0.15) is 11.5 Å². The minimum Gasteiger partial charge on any atom is -0.497 e. The molecule has 2 N–H and O–H groups in total. The van der Waals surface area contributed by atoms with Crippen LogP contribution >= 0.6 is 0 Å². The maximum absolute atomic E-state index is 14.0. The number of carbonyl (C=O) groups is 2. The highest BCUT2D eigenvalue weighted by molar-refractivity contribution is 5.99. The van der Waals surface area contributed by atoms with Crippen LogP contribution < -0.4 is 15.4 Å². The van der Waals surface area contributed by atoms with Gasteiger partial charge in [-0.25, -0.2) is 4.79 Å². The predicted octanol–water partition coefficient (Wildman–Crippen LogP) is 2.66. The Kier molecular flexibility index (Phi) is 6.16. The van der Waals surface area contributed by atoms with Gasteiger partial charge in [0, 0.05) is 11.6 Å². The molecule has 2 rings (SSSR count). The van der Waals surface area contributed by atoms with E-state index in [0.717, 1.165) is 6.07 Å². The summed E-state index contributed by atoms with van der Waals surface area (Å²) in [5, 5.41) is 6.99. The molecule has 1 heterocycles. The Morgan fingerprint density at radius 1 is 1.21 bits per heavy atom. The van der Waals surface area contributed by atoms with Gasteiger partial charge in [-0.05, 0) is 38.1 Å². The van der Waals surface area contributed by atoms with Crippen molar-refractivity contribution in [3.63, 3.8) is 0 Å². The van der Waals surface area contributed by atoms with Crippen molar-refractivity contribution in [3.8, 4) is 5.75 Å². The number of halogens is 3. The lowest BCUT2D eigenvalue weighted by molar-refractivity contribution is -0.204. The molecule has 0 aliphatic heterocycles. The molecule has 0 aliphatic carbocycles. The van der Waals surface area contributed by atoms with E-state index in [1.54, 1.807) is 5.32 Å². The van der Waals surface area contributed by atoms with E-state index in [0.29, 0.717) is 5.75 Å². The van der Waals surface area contributed by atoms with Gasteiger partial charge in [0.2, 0.25) is 0 Å². The number of carbonyl (C=O) groups excluding carboxylic acids is 2. The maximum Gasteiger partial charge on any atom is 0.441 e. The van der Waals surface area contributed by atoms with Gasteiger partial charge >= 0.3 is 17.8 Å². The molecule has 0 spiro atoms. The third-order valence-corrected chi connectivity index (χ3v) is 3.60. The lowest BCUT2D eigenvalue weighted by Crippen LogP contribution is -2.69. The molecule has 1 atom stereocenters. The number of hydrogen-bond donors (Lipinski definition) is 2. The van der Waals surface area contributed by atoms with Crippen LogP contribution in [0.4, 0.5) is 19.0 Å². The number of rotatable bonds is 7. The predicted molar refractivity (Wildman–Crippen MR) is 90.7 cm³/mol. The van der Waals surface area contributed by atoms with E-state index in [1.807, 2.05) is 5.32 Å². The number of amides is 1. The third kappa shape index (κ3) is 4.35. The zero-order chi connectivity index (χ0) is 20.9. The van der Waals surface area contributed by atoms with Crippen molar-refractivity contribution in [2.24, 2.45) is 0 Å². The molecule has 0 saturated carbocycles. The molecule has 8 nitrogen and oxygen atoms in total. The summed E-state index contributed by atoms with van der Waals surface area (Å²) < 4.78 is 56.2. The van der Waals surface area contributed by atoms with Gasteiger partial charge in [-0.2, -0.15) is 13.2 Å². The Morgan fingerprint density at radius 2 is 1.86 bits per heavy atom. The summed E-state index contributed by atoms with van der Waals surface area (Å²) in [6.07, 6.45) is -5.27. The van der Waals surface area contributed by atoms with Crippen molar-refractivity contribution in [2.75, 3.05) is 19.0 Å². The van der Waals surface area contributed by atoms with Crippen molar-refractivity contribution < 1.29 is 36.8 Å². The normalized spacial score (nSPS) is 13.4. The zero-order valence-corrected chi connectivity index (χ0v) is 15.2. The molecule has 0 unspecified atom stereocenters. The van der Waals surface area contributed by atoms with E-state index in [4.69, 9.17) is 9.26 Å². The van der Waals surface area contributed by atoms with E-state index >= 15 is 0 Å². The SMILES string of the molecule is CCOC(=O)[C@@](NC(=O)c1ccc(OC)cc1)(Nc1cc(C)on1)C(F)(F)F. The van der Waals surface area contributed by atoms with Crippen molar-refractivity contribution in [3.05, 3.63) is 41.7 Å². The minimum absolute atomic E-state index is 0.128. The van der Waals surface area contributed by atoms with Crippen molar-refractivity contribution in [1.29, 1.82) is 0 Å². The molecule has 0 saturated heterocycles. The van der Waals surface area contributed by atoms with Gasteiger partial charge in [0.15, 0.2) is 5.82 Å². The average molecular weight is 401 g/mol. The molecule has 1 amide bonds. The van der Waals surface area contributed by atoms with E-state index in [1.165, 1.54) is 45.2 Å². The molecular formula is C17H18F3N3O5. The first-order valence-electron chi connectivity index (χ1n) is 8.05. The second-order valence-electron chi connectivity index (χ2n) is 5.60. The number of aromatic nitrogens is 1. The van der Waals surface area contributed by atoms with Crippen molar-refractivity contribution >= 4 is 17.7 Å². The standard InChI is InChI=1S/C17H18F3N3O5/c1-4-27-15(25)16(17(18,19)20,21-13-9-10(2)28-23-13)22-14(24)11-5-7-12(26-3)8-6-11/h5-9H,4H2,1-3H3,(H,21,23)(H,22,24)/t16-/m0/s1. The summed E-state index contributed by atoms with van der Waals surface area (Å²) in [6.45, 7) is 2.45. The van der Waals surface area contributed by atoms with Crippen molar-refractivity contribution in [2.45, 2.75) is 25.7 Å². The first-order chi connectivity index (χ1) is 13.1. The number of alkyl halides is 3. The summed E-state index contributed by atoms with van der Waals surface area (Å²) in [4.78, 5) is 24.8. The van der Waals surface area contributed by atoms with E-state index in [-0.39, 0.29) is 17.9 Å². The van der Waals surface area contributed by atoms with Crippen LogP contribution in [0.25, 0.3) is 0 Å². The molecule has 2 aromatic rings. The molecule has 1 aromatic heterocycles. The van der Waals surface area contributed by atoms with Gasteiger partial charge < -0.3 is 24.6 Å². The molecular weight excluding hydrogens is 383 g/mol. The summed E-state index contributed by atoms with van der Waals surface area (Å²) in [6, 6.07) is 6.42. The molecule has 152 valence electrons. The second kappa shape index (κ2) is 8.19. The number of esters is 1. The fourth-order valence-corrected chi connectivity index (χ4v) is 2.23. The first-order valence-corrected chi connectivity index (χ1v) is 8.05. The Labute approximate surface area is 158 Å². The number of nitrogens with one attached hydrogen (secondary N) is 2. The van der Waals surface area contributed by atoms with E-state index in [9.17, 15) is 22.8 Å². The third-order valence-electron chi connectivity index (χ3n) is 3.60. The van der Waals surface area contributed by atoms with Gasteiger partial charge in [-0.1, -0.05) is 5.16 Å². The molecule has 1 aromatic carbocycles. The highest BCUT2D eigenvalue weighted by atomic mass is 19.4. The fraction of sp³-hybridized carbons (Fsp3) is 0.353. The van der Waals surface area contributed by atoms with Gasteiger partial charge in [0.05, 0.1) is 13.7 Å². The van der Waals surface area contributed by atoms with Crippen LogP contribution in [0, 0.1) is 6.92 Å². The van der Waals surface area contributed by atoms with Crippen LogP contribution in [0.15, 0.2) is 34.9 Å². The Balaban J connectivity index is 2.44. The largest absolute Gasteiger partial charge is 0.497 e. The lowest BCUT2D eigenvalue weighted by Gasteiger charge is -2.34. The van der Waals surface area contributed by atoms with Crippen LogP contribution in [-0.4, -0.2) is 42.6 Å². The number of hydrogen-bond acceptors (Lipinski definition) is 7. The fourth-order valence-electron chi connectivity index (χ4n) is 2.23. The molecule has 0 fully saturated rings. The molecule has 0 radical (unpaired) electrons. The average Bonchev–Trinajstić information content (AvgIpc) is 3.05. The zero-order valence-electron chi connectivity index (χ0n) is 15.2. The Morgan fingerprint density at radius 3 is 2.32 bits per heavy atom. The van der Waals surface area contributed by atoms with Crippen LogP contribution in [0.1, 0.15) is 23.0 Å². The van der Waals surface area contributed by atoms with E-state index < -0.39 is 29.5 Å². The Bertz CT molecular complexity index is 835.